The molecule has 0 aliphatic carbocycles. The van der Waals surface area contributed by atoms with Gasteiger partial charge in [-0.05, 0) is 24.1 Å². The number of carbonyl (C=O) groups excluding carboxylic acids is 1. The Kier molecular flexibility index (Phi) is 6.20. The van der Waals surface area contributed by atoms with E-state index in [1.165, 1.54) is 28.6 Å². The fraction of sp³-hybridized carbons (Fsp3) is 0.444. The minimum Gasteiger partial charge on any atom is -0.352 e. The summed E-state index contributed by atoms with van der Waals surface area (Å²) in [6.07, 6.45) is 0. The number of sulfonamides is 1. The standard InChI is InChI=1S/C18H25N3O4S/c1-5-21(6-2)26(24,25)13-7-8-16-14(9-13)15(10-17(22)20-16)18(23)19-11-12(3)4/h7-10,12H,5-6,11H2,1-4H3,(H,19,23)(H,20,22). The predicted octanol–water partition coefficient (Wildman–Crippen LogP) is 1.94. The first-order chi connectivity index (χ1) is 12.2. The molecule has 0 saturated carbocycles. The topological polar surface area (TPSA) is 99.3 Å². The number of nitrogens with zero attached hydrogens (tertiary/aromatic N) is 1. The maximum absolute atomic E-state index is 12.8. The average Bonchev–Trinajstić information content (AvgIpc) is 2.59. The lowest BCUT2D eigenvalue weighted by molar-refractivity contribution is 0.0950. The van der Waals surface area contributed by atoms with Gasteiger partial charge in [-0.15, -0.1) is 0 Å². The summed E-state index contributed by atoms with van der Waals surface area (Å²) in [5.41, 5.74) is 0.179. The third kappa shape index (κ3) is 4.13. The summed E-state index contributed by atoms with van der Waals surface area (Å²) in [6, 6.07) is 5.61. The minimum atomic E-state index is -3.66. The number of fused-ring (bicyclic) bond motifs is 1. The van der Waals surface area contributed by atoms with Crippen molar-refractivity contribution in [1.29, 1.82) is 0 Å². The zero-order valence-corrected chi connectivity index (χ0v) is 16.3. The smallest absolute Gasteiger partial charge is 0.252 e. The van der Waals surface area contributed by atoms with Gasteiger partial charge in [-0.1, -0.05) is 27.7 Å². The van der Waals surface area contributed by atoms with E-state index in [9.17, 15) is 18.0 Å². The molecule has 0 aliphatic heterocycles. The lowest BCUT2D eigenvalue weighted by Gasteiger charge is -2.19. The second-order valence-electron chi connectivity index (χ2n) is 6.45. The zero-order valence-electron chi connectivity index (χ0n) is 15.5. The molecular formula is C18H25N3O4S. The van der Waals surface area contributed by atoms with E-state index in [0.29, 0.717) is 30.5 Å². The Morgan fingerprint density at radius 3 is 2.42 bits per heavy atom. The summed E-state index contributed by atoms with van der Waals surface area (Å²) in [6.45, 7) is 8.63. The molecule has 0 radical (unpaired) electrons. The van der Waals surface area contributed by atoms with Gasteiger partial charge in [0, 0.05) is 36.6 Å². The van der Waals surface area contributed by atoms with Crippen molar-refractivity contribution in [1.82, 2.24) is 14.6 Å². The van der Waals surface area contributed by atoms with Crippen LogP contribution in [0.25, 0.3) is 10.9 Å². The number of carbonyl (C=O) groups is 1. The fourth-order valence-corrected chi connectivity index (χ4v) is 4.17. The van der Waals surface area contributed by atoms with Crippen molar-refractivity contribution in [3.05, 3.63) is 40.2 Å². The molecule has 0 aliphatic rings. The molecule has 8 heteroatoms. The van der Waals surface area contributed by atoms with E-state index in [2.05, 4.69) is 10.3 Å². The van der Waals surface area contributed by atoms with E-state index in [1.807, 2.05) is 13.8 Å². The van der Waals surface area contributed by atoms with Crippen molar-refractivity contribution in [2.75, 3.05) is 19.6 Å². The molecule has 142 valence electrons. The summed E-state index contributed by atoms with van der Waals surface area (Å²) >= 11 is 0. The van der Waals surface area contributed by atoms with Gasteiger partial charge in [0.2, 0.25) is 15.6 Å². The number of hydrogen-bond donors (Lipinski definition) is 2. The van der Waals surface area contributed by atoms with Gasteiger partial charge in [0.25, 0.3) is 5.91 Å². The molecule has 2 aromatic rings. The first-order valence-electron chi connectivity index (χ1n) is 8.66. The van der Waals surface area contributed by atoms with E-state index < -0.39 is 21.5 Å². The average molecular weight is 379 g/mol. The van der Waals surface area contributed by atoms with E-state index in [-0.39, 0.29) is 16.4 Å². The molecule has 2 N–H and O–H groups in total. The molecule has 0 saturated heterocycles. The molecule has 1 aromatic heterocycles. The van der Waals surface area contributed by atoms with Crippen LogP contribution >= 0.6 is 0 Å². The van der Waals surface area contributed by atoms with Crippen LogP contribution in [0.2, 0.25) is 0 Å². The van der Waals surface area contributed by atoms with Gasteiger partial charge < -0.3 is 10.3 Å². The Hall–Kier alpha value is -2.19. The van der Waals surface area contributed by atoms with Gasteiger partial charge in [-0.3, -0.25) is 9.59 Å². The fourth-order valence-electron chi connectivity index (χ4n) is 2.69. The van der Waals surface area contributed by atoms with E-state index in [1.54, 1.807) is 13.8 Å². The summed E-state index contributed by atoms with van der Waals surface area (Å²) in [7, 11) is -3.66. The zero-order chi connectivity index (χ0) is 19.5. The molecule has 0 fully saturated rings. The van der Waals surface area contributed by atoms with Crippen molar-refractivity contribution >= 4 is 26.8 Å². The predicted molar refractivity (Wildman–Crippen MR) is 102 cm³/mol. The molecule has 26 heavy (non-hydrogen) atoms. The van der Waals surface area contributed by atoms with Crippen LogP contribution in [0, 0.1) is 5.92 Å². The molecule has 0 spiro atoms. The van der Waals surface area contributed by atoms with Crippen LogP contribution in [0.15, 0.2) is 34.0 Å². The van der Waals surface area contributed by atoms with Gasteiger partial charge in [0.1, 0.15) is 0 Å². The highest BCUT2D eigenvalue weighted by Gasteiger charge is 2.23. The van der Waals surface area contributed by atoms with Crippen LogP contribution in [0.3, 0.4) is 0 Å². The van der Waals surface area contributed by atoms with Crippen molar-refractivity contribution in [2.24, 2.45) is 5.92 Å². The Morgan fingerprint density at radius 2 is 1.85 bits per heavy atom. The molecule has 0 unspecified atom stereocenters. The summed E-state index contributed by atoms with van der Waals surface area (Å²) in [5, 5.41) is 3.17. The molecule has 7 nitrogen and oxygen atoms in total. The SMILES string of the molecule is CCN(CC)S(=O)(=O)c1ccc2[nH]c(=O)cc(C(=O)NCC(C)C)c2c1. The number of benzene rings is 1. The van der Waals surface area contributed by atoms with Crippen molar-refractivity contribution in [3.8, 4) is 0 Å². The molecule has 1 heterocycles. The van der Waals surface area contributed by atoms with Crippen LogP contribution in [-0.2, 0) is 10.0 Å². The molecule has 0 bridgehead atoms. The maximum atomic E-state index is 12.8. The second-order valence-corrected chi connectivity index (χ2v) is 8.39. The Balaban J connectivity index is 2.60. The van der Waals surface area contributed by atoms with Crippen molar-refractivity contribution in [2.45, 2.75) is 32.6 Å². The molecule has 2 rings (SSSR count). The van der Waals surface area contributed by atoms with Gasteiger partial charge in [-0.2, -0.15) is 4.31 Å². The Labute approximate surface area is 153 Å². The number of nitrogens with one attached hydrogen (secondary N) is 2. The largest absolute Gasteiger partial charge is 0.352 e. The Bertz CT molecular complexity index is 960. The third-order valence-electron chi connectivity index (χ3n) is 4.07. The van der Waals surface area contributed by atoms with Crippen LogP contribution < -0.4 is 10.9 Å². The summed E-state index contributed by atoms with van der Waals surface area (Å²) in [5.74, 6) is -0.141. The van der Waals surface area contributed by atoms with Crippen LogP contribution in [-0.4, -0.2) is 43.2 Å². The van der Waals surface area contributed by atoms with Crippen molar-refractivity contribution < 1.29 is 13.2 Å². The highest BCUT2D eigenvalue weighted by Crippen LogP contribution is 2.22. The van der Waals surface area contributed by atoms with Crippen molar-refractivity contribution in [3.63, 3.8) is 0 Å². The number of rotatable bonds is 7. The van der Waals surface area contributed by atoms with Gasteiger partial charge >= 0.3 is 0 Å². The number of amides is 1. The number of hydrogen-bond acceptors (Lipinski definition) is 4. The lowest BCUT2D eigenvalue weighted by atomic mass is 10.1. The van der Waals surface area contributed by atoms with Gasteiger partial charge in [0.15, 0.2) is 0 Å². The maximum Gasteiger partial charge on any atom is 0.252 e. The third-order valence-corrected chi connectivity index (χ3v) is 6.12. The molecule has 1 amide bonds. The highest BCUT2D eigenvalue weighted by molar-refractivity contribution is 7.89. The summed E-state index contributed by atoms with van der Waals surface area (Å²) in [4.78, 5) is 27.1. The Morgan fingerprint density at radius 1 is 1.19 bits per heavy atom. The summed E-state index contributed by atoms with van der Waals surface area (Å²) < 4.78 is 26.9. The van der Waals surface area contributed by atoms with Crippen LogP contribution in [0.5, 0.6) is 0 Å². The molecule has 0 atom stereocenters. The molecular weight excluding hydrogens is 354 g/mol. The van der Waals surface area contributed by atoms with Crippen LogP contribution in [0.1, 0.15) is 38.1 Å². The van der Waals surface area contributed by atoms with E-state index in [0.717, 1.165) is 0 Å². The van der Waals surface area contributed by atoms with E-state index in [4.69, 9.17) is 0 Å². The quantitative estimate of drug-likeness (QED) is 0.768. The number of aromatic amines is 1. The van der Waals surface area contributed by atoms with Gasteiger partial charge in [-0.25, -0.2) is 8.42 Å². The lowest BCUT2D eigenvalue weighted by Crippen LogP contribution is -2.31. The van der Waals surface area contributed by atoms with Crippen LogP contribution in [0.4, 0.5) is 0 Å². The number of aromatic nitrogens is 1. The minimum absolute atomic E-state index is 0.0960. The normalized spacial score (nSPS) is 12.1. The second kappa shape index (κ2) is 8.01. The first kappa shape index (κ1) is 20.1. The molecule has 1 aromatic carbocycles. The van der Waals surface area contributed by atoms with E-state index >= 15 is 0 Å². The highest BCUT2D eigenvalue weighted by atomic mass is 32.2. The first-order valence-corrected chi connectivity index (χ1v) is 10.1. The monoisotopic (exact) mass is 379 g/mol. The number of H-pyrrole nitrogens is 1. The number of pyridine rings is 1. The van der Waals surface area contributed by atoms with Gasteiger partial charge in [0.05, 0.1) is 10.5 Å².